The molecule has 1 aromatic heterocycles. The first-order chi connectivity index (χ1) is 9.97. The minimum atomic E-state index is -1.28. The molecule has 2 aromatic rings. The van der Waals surface area contributed by atoms with Crippen molar-refractivity contribution in [2.45, 2.75) is 12.5 Å². The van der Waals surface area contributed by atoms with E-state index in [0.29, 0.717) is 11.8 Å². The lowest BCUT2D eigenvalue weighted by atomic mass is 10.1. The van der Waals surface area contributed by atoms with Crippen LogP contribution in [0.4, 0.5) is 8.78 Å². The fraction of sp³-hybridized carbons (Fsp3) is 0.154. The summed E-state index contributed by atoms with van der Waals surface area (Å²) >= 11 is 0. The van der Waals surface area contributed by atoms with E-state index in [1.807, 2.05) is 0 Å². The zero-order valence-corrected chi connectivity index (χ0v) is 10.6. The van der Waals surface area contributed by atoms with Crippen molar-refractivity contribution in [3.8, 4) is 0 Å². The predicted molar refractivity (Wildman–Crippen MR) is 67.5 cm³/mol. The van der Waals surface area contributed by atoms with Crippen molar-refractivity contribution in [2.75, 3.05) is 0 Å². The van der Waals surface area contributed by atoms with E-state index in [2.05, 4.69) is 15.3 Å². The van der Waals surface area contributed by atoms with Crippen molar-refractivity contribution in [2.24, 2.45) is 0 Å². The summed E-state index contributed by atoms with van der Waals surface area (Å²) in [6.07, 6.45) is 2.75. The topological polar surface area (TPSA) is 95.1 Å². The third-order valence-electron chi connectivity index (χ3n) is 2.76. The smallest absolute Gasteiger partial charge is 0.326 e. The summed E-state index contributed by atoms with van der Waals surface area (Å²) in [5.74, 6) is -4.09. The van der Waals surface area contributed by atoms with E-state index in [9.17, 15) is 18.4 Å². The lowest BCUT2D eigenvalue weighted by Crippen LogP contribution is -2.42. The van der Waals surface area contributed by atoms with Crippen LogP contribution in [-0.4, -0.2) is 33.0 Å². The highest BCUT2D eigenvalue weighted by Gasteiger charge is 2.23. The quantitative estimate of drug-likeness (QED) is 0.770. The molecule has 0 aliphatic heterocycles. The van der Waals surface area contributed by atoms with Crippen molar-refractivity contribution in [1.82, 2.24) is 15.3 Å². The minimum Gasteiger partial charge on any atom is -0.480 e. The molecule has 0 saturated heterocycles. The number of imidazole rings is 1. The molecule has 1 atom stereocenters. The molecule has 0 aliphatic rings. The van der Waals surface area contributed by atoms with Crippen LogP contribution in [0, 0.1) is 11.6 Å². The van der Waals surface area contributed by atoms with Gasteiger partial charge in [0.2, 0.25) is 0 Å². The molecule has 8 heteroatoms. The second-order valence-corrected chi connectivity index (χ2v) is 4.27. The molecule has 2 rings (SSSR count). The van der Waals surface area contributed by atoms with Crippen molar-refractivity contribution in [3.05, 3.63) is 53.6 Å². The van der Waals surface area contributed by atoms with Gasteiger partial charge in [0.15, 0.2) is 0 Å². The fourth-order valence-electron chi connectivity index (χ4n) is 1.73. The number of carboxylic acids is 1. The molecule has 0 saturated carbocycles. The van der Waals surface area contributed by atoms with Crippen LogP contribution in [0.5, 0.6) is 0 Å². The van der Waals surface area contributed by atoms with Gasteiger partial charge in [-0.15, -0.1) is 0 Å². The third kappa shape index (κ3) is 3.62. The van der Waals surface area contributed by atoms with E-state index in [1.54, 1.807) is 0 Å². The number of nitrogens with one attached hydrogen (secondary N) is 2. The number of benzene rings is 1. The van der Waals surface area contributed by atoms with Gasteiger partial charge in [0.05, 0.1) is 11.9 Å². The van der Waals surface area contributed by atoms with E-state index in [4.69, 9.17) is 5.11 Å². The summed E-state index contributed by atoms with van der Waals surface area (Å²) < 4.78 is 26.2. The number of hydrogen-bond donors (Lipinski definition) is 3. The summed E-state index contributed by atoms with van der Waals surface area (Å²) in [5.41, 5.74) is 0.0783. The van der Waals surface area contributed by atoms with Crippen LogP contribution in [0.15, 0.2) is 30.7 Å². The summed E-state index contributed by atoms with van der Waals surface area (Å²) in [4.78, 5) is 29.4. The van der Waals surface area contributed by atoms with Crippen LogP contribution < -0.4 is 5.32 Å². The molecule has 0 bridgehead atoms. The van der Waals surface area contributed by atoms with Crippen LogP contribution in [0.2, 0.25) is 0 Å². The Morgan fingerprint density at radius 2 is 2.14 bits per heavy atom. The van der Waals surface area contributed by atoms with Gasteiger partial charge in [0.25, 0.3) is 5.91 Å². The Morgan fingerprint density at radius 1 is 1.38 bits per heavy atom. The Morgan fingerprint density at radius 3 is 2.71 bits per heavy atom. The number of carbonyl (C=O) groups is 2. The van der Waals surface area contributed by atoms with Crippen LogP contribution in [-0.2, 0) is 11.2 Å². The third-order valence-corrected chi connectivity index (χ3v) is 2.76. The lowest BCUT2D eigenvalue weighted by molar-refractivity contribution is -0.139. The standard InChI is InChI=1S/C13H11F2N3O3/c14-7-1-2-9(10(15)3-7)12(19)18-11(13(20)21)4-8-5-16-6-17-8/h1-3,5-6,11H,4H2,(H,16,17)(H,18,19)(H,20,21). The number of hydrogen-bond acceptors (Lipinski definition) is 3. The summed E-state index contributed by atoms with van der Waals surface area (Å²) in [5, 5.41) is 11.3. The molecule has 0 fully saturated rings. The number of carboxylic acid groups (broad SMARTS) is 1. The zero-order chi connectivity index (χ0) is 15.4. The second-order valence-electron chi connectivity index (χ2n) is 4.27. The lowest BCUT2D eigenvalue weighted by Gasteiger charge is -2.14. The first-order valence-electron chi connectivity index (χ1n) is 5.93. The molecule has 110 valence electrons. The number of amides is 1. The monoisotopic (exact) mass is 295 g/mol. The Labute approximate surface area is 117 Å². The number of aromatic amines is 1. The normalized spacial score (nSPS) is 11.9. The van der Waals surface area contributed by atoms with Crippen molar-refractivity contribution >= 4 is 11.9 Å². The number of aliphatic carboxylic acids is 1. The van der Waals surface area contributed by atoms with Gasteiger partial charge in [-0.25, -0.2) is 18.6 Å². The molecule has 1 unspecified atom stereocenters. The molecule has 0 radical (unpaired) electrons. The van der Waals surface area contributed by atoms with Crippen molar-refractivity contribution < 1.29 is 23.5 Å². The summed E-state index contributed by atoms with van der Waals surface area (Å²) in [6, 6.07) is 1.17. The highest BCUT2D eigenvalue weighted by molar-refractivity contribution is 5.96. The van der Waals surface area contributed by atoms with E-state index < -0.39 is 35.1 Å². The molecule has 0 aliphatic carbocycles. The number of halogens is 2. The van der Waals surface area contributed by atoms with Crippen LogP contribution >= 0.6 is 0 Å². The van der Waals surface area contributed by atoms with E-state index in [1.165, 1.54) is 12.5 Å². The number of nitrogens with zero attached hydrogens (tertiary/aromatic N) is 1. The number of carbonyl (C=O) groups excluding carboxylic acids is 1. The Balaban J connectivity index is 2.12. The number of aromatic nitrogens is 2. The fourth-order valence-corrected chi connectivity index (χ4v) is 1.73. The van der Waals surface area contributed by atoms with Gasteiger partial charge in [-0.1, -0.05) is 0 Å². The van der Waals surface area contributed by atoms with Crippen LogP contribution in [0.3, 0.4) is 0 Å². The largest absolute Gasteiger partial charge is 0.480 e. The van der Waals surface area contributed by atoms with Gasteiger partial charge >= 0.3 is 5.97 Å². The first-order valence-corrected chi connectivity index (χ1v) is 5.93. The molecule has 21 heavy (non-hydrogen) atoms. The Bertz CT molecular complexity index is 659. The molecule has 1 aromatic carbocycles. The maximum atomic E-state index is 13.5. The van der Waals surface area contributed by atoms with E-state index in [0.717, 1.165) is 12.1 Å². The number of rotatable bonds is 5. The average molecular weight is 295 g/mol. The minimum absolute atomic E-state index is 0.0378. The number of H-pyrrole nitrogens is 1. The van der Waals surface area contributed by atoms with Gasteiger partial charge in [-0.3, -0.25) is 4.79 Å². The average Bonchev–Trinajstić information content (AvgIpc) is 2.90. The SMILES string of the molecule is O=C(NC(Cc1cnc[nH]1)C(=O)O)c1ccc(F)cc1F. The molecule has 0 spiro atoms. The van der Waals surface area contributed by atoms with E-state index >= 15 is 0 Å². The van der Waals surface area contributed by atoms with Crippen molar-refractivity contribution in [1.29, 1.82) is 0 Å². The highest BCUT2D eigenvalue weighted by atomic mass is 19.1. The van der Waals surface area contributed by atoms with Gasteiger partial charge in [0.1, 0.15) is 17.7 Å². The maximum Gasteiger partial charge on any atom is 0.326 e. The van der Waals surface area contributed by atoms with Gasteiger partial charge < -0.3 is 15.4 Å². The van der Waals surface area contributed by atoms with Gasteiger partial charge in [-0.05, 0) is 12.1 Å². The zero-order valence-electron chi connectivity index (χ0n) is 10.6. The molecular weight excluding hydrogens is 284 g/mol. The van der Waals surface area contributed by atoms with Crippen molar-refractivity contribution in [3.63, 3.8) is 0 Å². The van der Waals surface area contributed by atoms with E-state index in [-0.39, 0.29) is 6.42 Å². The maximum absolute atomic E-state index is 13.5. The second kappa shape index (κ2) is 6.12. The highest BCUT2D eigenvalue weighted by Crippen LogP contribution is 2.10. The molecule has 6 nitrogen and oxygen atoms in total. The van der Waals surface area contributed by atoms with Crippen LogP contribution in [0.1, 0.15) is 16.1 Å². The molecule has 1 heterocycles. The molecule has 1 amide bonds. The van der Waals surface area contributed by atoms with Crippen LogP contribution in [0.25, 0.3) is 0 Å². The molecule has 3 N–H and O–H groups in total. The predicted octanol–water partition coefficient (Wildman–Crippen LogP) is 1.11. The Kier molecular flexibility index (Phi) is 4.27. The summed E-state index contributed by atoms with van der Waals surface area (Å²) in [6.45, 7) is 0. The summed E-state index contributed by atoms with van der Waals surface area (Å²) in [7, 11) is 0. The van der Waals surface area contributed by atoms with Gasteiger partial charge in [-0.2, -0.15) is 0 Å². The Hall–Kier alpha value is -2.77. The molecular formula is C13H11F2N3O3. The first kappa shape index (κ1) is 14.6. The van der Waals surface area contributed by atoms with Gasteiger partial charge in [0, 0.05) is 24.4 Å².